The Morgan fingerprint density at radius 3 is 2.46 bits per heavy atom. The van der Waals surface area contributed by atoms with Crippen molar-refractivity contribution in [1.82, 2.24) is 14.5 Å². The zero-order chi connectivity index (χ0) is 27.1. The molecule has 0 bridgehead atoms. The van der Waals surface area contributed by atoms with Crippen LogP contribution in [0.4, 0.5) is 21.6 Å². The summed E-state index contributed by atoms with van der Waals surface area (Å²) in [7, 11) is -4.35. The third-order valence-electron chi connectivity index (χ3n) is 6.52. The molecule has 3 heterocycles. The highest BCUT2D eigenvalue weighted by atomic mass is 32.2. The van der Waals surface area contributed by atoms with E-state index in [9.17, 15) is 17.6 Å². The van der Waals surface area contributed by atoms with Crippen molar-refractivity contribution in [2.75, 3.05) is 23.3 Å². The molecule has 1 aliphatic heterocycles. The molecule has 39 heavy (non-hydrogen) atoms. The van der Waals surface area contributed by atoms with E-state index in [-0.39, 0.29) is 27.3 Å². The standard InChI is InChI=1S/C28H24FN5O4S/c1-18-14-27(34(31-18)19-8-3-2-4-9-19)30-23-10-5-6-11-26(23)39(36,37)32-28(35)25-17-21-22(29)15-20(16-24(21)38-25)33-12-7-13-33/h2-6,8-11,14-17,30H,7,12-13H2,1H3,(H,32,35). The first-order chi connectivity index (χ1) is 18.8. The lowest BCUT2D eigenvalue weighted by molar-refractivity contribution is 0.0956. The van der Waals surface area contributed by atoms with Crippen molar-refractivity contribution in [2.45, 2.75) is 18.2 Å². The van der Waals surface area contributed by atoms with Gasteiger partial charge in [-0.3, -0.25) is 4.79 Å². The molecular weight excluding hydrogens is 521 g/mol. The average Bonchev–Trinajstić information content (AvgIpc) is 3.47. The molecule has 0 radical (unpaired) electrons. The van der Waals surface area contributed by atoms with Gasteiger partial charge in [-0.05, 0) is 43.7 Å². The SMILES string of the molecule is Cc1cc(Nc2ccccc2S(=O)(=O)NC(=O)c2cc3c(F)cc(N4CCC4)cc3o2)n(-c2ccccc2)n1. The first-order valence-corrected chi connectivity index (χ1v) is 13.8. The molecule has 2 N–H and O–H groups in total. The van der Waals surface area contributed by atoms with Crippen LogP contribution in [0.1, 0.15) is 22.7 Å². The van der Waals surface area contributed by atoms with E-state index >= 15 is 0 Å². The summed E-state index contributed by atoms with van der Waals surface area (Å²) >= 11 is 0. The minimum absolute atomic E-state index is 0.105. The molecule has 5 aromatic rings. The Balaban J connectivity index is 1.28. The van der Waals surface area contributed by atoms with Crippen LogP contribution in [0.25, 0.3) is 16.7 Å². The zero-order valence-corrected chi connectivity index (χ0v) is 21.7. The van der Waals surface area contributed by atoms with Crippen molar-refractivity contribution < 1.29 is 22.0 Å². The fourth-order valence-corrected chi connectivity index (χ4v) is 5.60. The quantitative estimate of drug-likeness (QED) is 0.292. The second kappa shape index (κ2) is 9.59. The summed E-state index contributed by atoms with van der Waals surface area (Å²) in [6.45, 7) is 3.46. The number of para-hydroxylation sites is 2. The van der Waals surface area contributed by atoms with E-state index in [2.05, 4.69) is 15.1 Å². The van der Waals surface area contributed by atoms with Gasteiger partial charge in [0, 0.05) is 37.0 Å². The molecule has 198 valence electrons. The van der Waals surface area contributed by atoms with Gasteiger partial charge in [0.1, 0.15) is 22.1 Å². The molecule has 3 aromatic carbocycles. The monoisotopic (exact) mass is 545 g/mol. The van der Waals surface area contributed by atoms with E-state index in [0.29, 0.717) is 11.5 Å². The Morgan fingerprint density at radius 1 is 0.974 bits per heavy atom. The van der Waals surface area contributed by atoms with Crippen LogP contribution in [-0.2, 0) is 10.0 Å². The molecule has 2 aromatic heterocycles. The summed E-state index contributed by atoms with van der Waals surface area (Å²) < 4.78 is 50.7. The van der Waals surface area contributed by atoms with Gasteiger partial charge in [0.25, 0.3) is 10.0 Å². The van der Waals surface area contributed by atoms with E-state index in [1.165, 1.54) is 18.2 Å². The fourth-order valence-electron chi connectivity index (χ4n) is 4.48. The van der Waals surface area contributed by atoms with Crippen molar-refractivity contribution in [1.29, 1.82) is 0 Å². The van der Waals surface area contributed by atoms with Crippen molar-refractivity contribution in [3.05, 3.63) is 96.1 Å². The number of aromatic nitrogens is 2. The van der Waals surface area contributed by atoms with Gasteiger partial charge in [-0.1, -0.05) is 30.3 Å². The largest absolute Gasteiger partial charge is 0.451 e. The number of nitrogens with zero attached hydrogens (tertiary/aromatic N) is 3. The van der Waals surface area contributed by atoms with Crippen LogP contribution in [0.15, 0.2) is 88.2 Å². The van der Waals surface area contributed by atoms with Crippen LogP contribution in [-0.4, -0.2) is 37.2 Å². The van der Waals surface area contributed by atoms with Crippen molar-refractivity contribution in [2.24, 2.45) is 0 Å². The van der Waals surface area contributed by atoms with Gasteiger partial charge in [0.05, 0.1) is 22.5 Å². The van der Waals surface area contributed by atoms with Crippen LogP contribution in [0.5, 0.6) is 0 Å². The van der Waals surface area contributed by atoms with Gasteiger partial charge in [0.15, 0.2) is 5.76 Å². The Morgan fingerprint density at radius 2 is 1.72 bits per heavy atom. The van der Waals surface area contributed by atoms with Crippen molar-refractivity contribution >= 4 is 44.1 Å². The molecule has 0 aliphatic carbocycles. The normalized spacial score (nSPS) is 13.3. The van der Waals surface area contributed by atoms with Gasteiger partial charge in [-0.15, -0.1) is 0 Å². The molecule has 1 saturated heterocycles. The molecule has 1 fully saturated rings. The Labute approximate surface area is 223 Å². The number of amides is 1. The predicted octanol–water partition coefficient (Wildman–Crippen LogP) is 5.14. The van der Waals surface area contributed by atoms with Gasteiger partial charge in [-0.25, -0.2) is 22.2 Å². The third-order valence-corrected chi connectivity index (χ3v) is 7.90. The number of carbonyl (C=O) groups is 1. The van der Waals surface area contributed by atoms with Gasteiger partial charge in [0.2, 0.25) is 0 Å². The number of anilines is 3. The molecule has 9 nitrogen and oxygen atoms in total. The van der Waals surface area contributed by atoms with E-state index in [1.54, 1.807) is 35.0 Å². The predicted molar refractivity (Wildman–Crippen MR) is 146 cm³/mol. The molecule has 0 spiro atoms. The second-order valence-corrected chi connectivity index (χ2v) is 10.9. The average molecular weight is 546 g/mol. The van der Waals surface area contributed by atoms with Crippen LogP contribution in [0.2, 0.25) is 0 Å². The molecule has 0 atom stereocenters. The minimum Gasteiger partial charge on any atom is -0.451 e. The summed E-state index contributed by atoms with van der Waals surface area (Å²) in [6, 6.07) is 21.6. The molecule has 1 amide bonds. The van der Waals surface area contributed by atoms with Gasteiger partial charge in [-0.2, -0.15) is 5.10 Å². The Hall–Kier alpha value is -4.64. The number of hydrogen-bond acceptors (Lipinski definition) is 7. The Bertz CT molecular complexity index is 1810. The highest BCUT2D eigenvalue weighted by Crippen LogP contribution is 2.31. The lowest BCUT2D eigenvalue weighted by Crippen LogP contribution is -2.36. The number of benzene rings is 3. The molecule has 0 unspecified atom stereocenters. The molecule has 11 heteroatoms. The van der Waals surface area contributed by atoms with E-state index in [0.717, 1.165) is 30.9 Å². The molecular formula is C28H24FN5O4S. The van der Waals surface area contributed by atoms with E-state index < -0.39 is 21.7 Å². The number of halogens is 1. The summed E-state index contributed by atoms with van der Waals surface area (Å²) in [4.78, 5) is 14.8. The van der Waals surface area contributed by atoms with E-state index in [1.807, 2.05) is 42.2 Å². The third kappa shape index (κ3) is 4.72. The number of nitrogens with one attached hydrogen (secondary N) is 2. The number of sulfonamides is 1. The first kappa shape index (κ1) is 24.7. The lowest BCUT2D eigenvalue weighted by Gasteiger charge is -2.33. The molecule has 1 aliphatic rings. The van der Waals surface area contributed by atoms with Crippen LogP contribution < -0.4 is 14.9 Å². The summed E-state index contributed by atoms with van der Waals surface area (Å²) in [5.74, 6) is -1.31. The maximum atomic E-state index is 14.7. The number of carbonyl (C=O) groups excluding carboxylic acids is 1. The number of hydrogen-bond donors (Lipinski definition) is 2. The highest BCUT2D eigenvalue weighted by molar-refractivity contribution is 7.90. The van der Waals surface area contributed by atoms with Gasteiger partial charge < -0.3 is 14.6 Å². The number of rotatable bonds is 7. The summed E-state index contributed by atoms with van der Waals surface area (Å²) in [6.07, 6.45) is 1.02. The summed E-state index contributed by atoms with van der Waals surface area (Å²) in [5.41, 5.74) is 2.58. The van der Waals surface area contributed by atoms with Crippen LogP contribution in [0.3, 0.4) is 0 Å². The maximum absolute atomic E-state index is 14.7. The maximum Gasteiger partial charge on any atom is 0.300 e. The highest BCUT2D eigenvalue weighted by Gasteiger charge is 2.26. The van der Waals surface area contributed by atoms with Gasteiger partial charge >= 0.3 is 5.91 Å². The summed E-state index contributed by atoms with van der Waals surface area (Å²) in [5, 5.41) is 7.73. The number of fused-ring (bicyclic) bond motifs is 1. The topological polar surface area (TPSA) is 109 Å². The zero-order valence-electron chi connectivity index (χ0n) is 20.9. The second-order valence-electron chi connectivity index (χ2n) is 9.26. The van der Waals surface area contributed by atoms with E-state index in [4.69, 9.17) is 4.42 Å². The first-order valence-electron chi connectivity index (χ1n) is 12.3. The fraction of sp³-hybridized carbons (Fsp3) is 0.143. The smallest absolute Gasteiger partial charge is 0.300 e. The van der Waals surface area contributed by atoms with Crippen molar-refractivity contribution in [3.8, 4) is 5.69 Å². The molecule has 0 saturated carbocycles. The number of furan rings is 1. The number of aryl methyl sites for hydroxylation is 1. The Kier molecular flexibility index (Phi) is 6.07. The minimum atomic E-state index is -4.35. The molecule has 6 rings (SSSR count). The van der Waals surface area contributed by atoms with Crippen LogP contribution >= 0.6 is 0 Å². The lowest BCUT2D eigenvalue weighted by atomic mass is 10.1. The van der Waals surface area contributed by atoms with Crippen LogP contribution in [0, 0.1) is 12.7 Å². The van der Waals surface area contributed by atoms with Crippen molar-refractivity contribution in [3.63, 3.8) is 0 Å².